The molecule has 2 unspecified atom stereocenters. The van der Waals surface area contributed by atoms with E-state index in [2.05, 4.69) is 148 Å². The predicted octanol–water partition coefficient (Wildman–Crippen LogP) is 10.3. The van der Waals surface area contributed by atoms with E-state index in [1.807, 2.05) is 0 Å². The van der Waals surface area contributed by atoms with Gasteiger partial charge in [-0.05, 0) is 93.1 Å². The third-order valence-corrected chi connectivity index (χ3v) is 14.0. The second kappa shape index (κ2) is 11.6. The summed E-state index contributed by atoms with van der Waals surface area (Å²) < 4.78 is -1.27. The Morgan fingerprint density at radius 1 is 0.465 bits per heavy atom. The minimum atomic E-state index is -1.29. The monoisotopic (exact) mass is 688 g/mol. The smallest absolute Gasteiger partial charge is 0.0923 e. The van der Waals surface area contributed by atoms with Crippen LogP contribution in [0.4, 0.5) is 0 Å². The number of alkyl halides is 2. The van der Waals surface area contributed by atoms with Crippen LogP contribution in [0.15, 0.2) is 139 Å². The van der Waals surface area contributed by atoms with Gasteiger partial charge in [0.05, 0.1) is 18.5 Å². The molecule has 2 atom stereocenters. The van der Waals surface area contributed by atoms with Crippen LogP contribution in [0.5, 0.6) is 0 Å². The quantitative estimate of drug-likeness (QED) is 0.127. The topological polar surface area (TPSA) is 0 Å². The van der Waals surface area contributed by atoms with E-state index >= 15 is 0 Å². The standard InChI is InChI=1S/C39H32Cl2Si.Zr/c1-25-26(2)38(40,33-23-13-21-31(35(25)33)28-15-7-4-8-16-28)42-39(41)27(3)36(30-19-11-6-12-20-30)37-32(22-14-24-34(37)39)29-17-9-5-10-18-29;/h4-24H,42H2,1-3H3;. The predicted molar refractivity (Wildman–Crippen MR) is 184 cm³/mol. The fourth-order valence-corrected chi connectivity index (χ4v) is 11.8. The van der Waals surface area contributed by atoms with Gasteiger partial charge in [-0.3, -0.25) is 0 Å². The molecule has 0 fully saturated rings. The number of hydrogen-bond donors (Lipinski definition) is 0. The van der Waals surface area contributed by atoms with Crippen LogP contribution in [0.2, 0.25) is 0 Å². The maximum absolute atomic E-state index is 8.06. The van der Waals surface area contributed by atoms with Crippen molar-refractivity contribution in [2.75, 3.05) is 0 Å². The van der Waals surface area contributed by atoms with Crippen LogP contribution in [0.3, 0.4) is 0 Å². The number of hydrogen-bond acceptors (Lipinski definition) is 0. The van der Waals surface area contributed by atoms with Crippen LogP contribution >= 0.6 is 23.2 Å². The Bertz CT molecular complexity index is 1900. The van der Waals surface area contributed by atoms with Gasteiger partial charge in [0.1, 0.15) is 0 Å². The molecule has 0 spiro atoms. The second-order valence-electron chi connectivity index (χ2n) is 11.6. The van der Waals surface area contributed by atoms with E-state index in [0.29, 0.717) is 0 Å². The Morgan fingerprint density at radius 3 is 1.40 bits per heavy atom. The molecule has 0 heterocycles. The number of benzene rings is 5. The molecule has 2 aliphatic rings. The summed E-state index contributed by atoms with van der Waals surface area (Å²) in [5, 5.41) is 0. The zero-order valence-corrected chi connectivity index (χ0v) is 30.0. The van der Waals surface area contributed by atoms with Crippen molar-refractivity contribution in [3.05, 3.63) is 166 Å². The maximum Gasteiger partial charge on any atom is 0.0923 e. The number of halogens is 2. The first kappa shape index (κ1) is 30.3. The van der Waals surface area contributed by atoms with Gasteiger partial charge in [0.25, 0.3) is 0 Å². The Hall–Kier alpha value is -2.74. The number of allylic oxidation sites excluding steroid dienone is 3. The van der Waals surface area contributed by atoms with E-state index in [1.165, 1.54) is 72.4 Å². The molecule has 2 aliphatic carbocycles. The zero-order chi connectivity index (χ0) is 29.1. The van der Waals surface area contributed by atoms with E-state index < -0.39 is 18.5 Å². The largest absolute Gasteiger partial charge is 0.114 e. The van der Waals surface area contributed by atoms with Crippen molar-refractivity contribution in [2.24, 2.45) is 0 Å². The molecular formula is C39H32Cl2SiZr. The molecule has 0 amide bonds. The average Bonchev–Trinajstić information content (AvgIpc) is 3.37. The average molecular weight is 691 g/mol. The molecule has 0 aromatic heterocycles. The molecule has 0 nitrogen and oxygen atoms in total. The van der Waals surface area contributed by atoms with Crippen molar-refractivity contribution < 1.29 is 26.2 Å². The SMILES string of the molecule is CC1=C(C)C(Cl)([SiH2]C2(Cl)C(C)=C(c3ccccc3)c3c(-c4ccccc4)cccc32)c2cccc(-c3ccccc3)c21.[Zr]. The van der Waals surface area contributed by atoms with Gasteiger partial charge in [-0.1, -0.05) is 127 Å². The van der Waals surface area contributed by atoms with Gasteiger partial charge in [0.15, 0.2) is 0 Å². The number of fused-ring (bicyclic) bond motifs is 2. The van der Waals surface area contributed by atoms with Gasteiger partial charge in [-0.2, -0.15) is 0 Å². The summed E-state index contributed by atoms with van der Waals surface area (Å²) in [6.07, 6.45) is 0. The normalized spacial score (nSPS) is 20.9. The molecule has 5 aromatic carbocycles. The molecule has 43 heavy (non-hydrogen) atoms. The third kappa shape index (κ3) is 4.74. The number of rotatable bonds is 5. The van der Waals surface area contributed by atoms with Crippen LogP contribution in [0.25, 0.3) is 33.4 Å². The fourth-order valence-electron chi connectivity index (χ4n) is 7.19. The molecule has 4 heteroatoms. The molecule has 5 aromatic rings. The van der Waals surface area contributed by atoms with Crippen molar-refractivity contribution >= 4 is 43.9 Å². The second-order valence-corrected chi connectivity index (χ2v) is 16.2. The Balaban J connectivity index is 0.00000329. The Kier molecular flexibility index (Phi) is 8.20. The minimum Gasteiger partial charge on any atom is -0.114 e. The van der Waals surface area contributed by atoms with Crippen LogP contribution in [-0.2, 0) is 35.2 Å². The summed E-state index contributed by atoms with van der Waals surface area (Å²) in [5.41, 5.74) is 15.9. The summed E-state index contributed by atoms with van der Waals surface area (Å²) in [4.78, 5) is 0. The van der Waals surface area contributed by atoms with Crippen molar-refractivity contribution in [1.29, 1.82) is 0 Å². The summed E-state index contributed by atoms with van der Waals surface area (Å²) >= 11 is 16.0. The Labute approximate surface area is 286 Å². The summed E-state index contributed by atoms with van der Waals surface area (Å²) in [6.45, 7) is 6.69. The first-order chi connectivity index (χ1) is 20.3. The van der Waals surface area contributed by atoms with E-state index in [-0.39, 0.29) is 26.2 Å². The molecule has 0 saturated heterocycles. The molecule has 0 saturated carbocycles. The van der Waals surface area contributed by atoms with E-state index in [9.17, 15) is 0 Å². The molecule has 7 rings (SSSR count). The van der Waals surface area contributed by atoms with Crippen LogP contribution in [0.1, 0.15) is 48.6 Å². The molecule has 0 aliphatic heterocycles. The van der Waals surface area contributed by atoms with Gasteiger partial charge < -0.3 is 0 Å². The van der Waals surface area contributed by atoms with Crippen molar-refractivity contribution in [3.63, 3.8) is 0 Å². The summed E-state index contributed by atoms with van der Waals surface area (Å²) in [5.74, 6) is 0. The van der Waals surface area contributed by atoms with Crippen molar-refractivity contribution in [3.8, 4) is 22.3 Å². The summed E-state index contributed by atoms with van der Waals surface area (Å²) in [7, 11) is -1.29. The molecule has 210 valence electrons. The van der Waals surface area contributed by atoms with Crippen LogP contribution in [-0.4, -0.2) is 9.52 Å². The molecule has 0 radical (unpaired) electrons. The summed E-state index contributed by atoms with van der Waals surface area (Å²) in [6, 6.07) is 45.3. The zero-order valence-electron chi connectivity index (χ0n) is 24.6. The van der Waals surface area contributed by atoms with Gasteiger partial charge in [0.2, 0.25) is 0 Å². The van der Waals surface area contributed by atoms with Gasteiger partial charge in [-0.15, -0.1) is 23.2 Å². The minimum absolute atomic E-state index is 0. The van der Waals surface area contributed by atoms with E-state index in [0.717, 1.165) is 0 Å². The van der Waals surface area contributed by atoms with Gasteiger partial charge in [-0.25, -0.2) is 0 Å². The van der Waals surface area contributed by atoms with Gasteiger partial charge in [0, 0.05) is 26.2 Å². The maximum atomic E-state index is 8.06. The van der Waals surface area contributed by atoms with E-state index in [1.54, 1.807) is 0 Å². The first-order valence-electron chi connectivity index (χ1n) is 14.6. The fraction of sp³-hybridized carbons (Fsp3) is 0.128. The van der Waals surface area contributed by atoms with Crippen molar-refractivity contribution in [2.45, 2.75) is 29.8 Å². The van der Waals surface area contributed by atoms with Crippen LogP contribution < -0.4 is 0 Å². The molecular weight excluding hydrogens is 659 g/mol. The third-order valence-electron chi connectivity index (χ3n) is 9.45. The first-order valence-corrected chi connectivity index (χ1v) is 16.7. The Morgan fingerprint density at radius 2 is 0.884 bits per heavy atom. The van der Waals surface area contributed by atoms with E-state index in [4.69, 9.17) is 23.2 Å². The van der Waals surface area contributed by atoms with Crippen LogP contribution in [0, 0.1) is 0 Å². The molecule has 0 bridgehead atoms. The van der Waals surface area contributed by atoms with Crippen molar-refractivity contribution in [1.82, 2.24) is 0 Å². The molecule has 0 N–H and O–H groups in total. The van der Waals surface area contributed by atoms with Gasteiger partial charge >= 0.3 is 0 Å².